The molecule has 2 aromatic heterocycles. The lowest BCUT2D eigenvalue weighted by Crippen LogP contribution is -2.37. The number of amides is 1. The second-order valence-electron chi connectivity index (χ2n) is 4.79. The molecule has 0 saturated heterocycles. The van der Waals surface area contributed by atoms with Crippen molar-refractivity contribution in [2.24, 2.45) is 0 Å². The van der Waals surface area contributed by atoms with Crippen LogP contribution in [0.4, 0.5) is 0 Å². The van der Waals surface area contributed by atoms with Crippen molar-refractivity contribution in [3.05, 3.63) is 52.1 Å². The van der Waals surface area contributed by atoms with Crippen LogP contribution in [-0.4, -0.2) is 17.6 Å². The summed E-state index contributed by atoms with van der Waals surface area (Å²) in [5.41, 5.74) is -0.265. The molecule has 20 heavy (non-hydrogen) atoms. The van der Waals surface area contributed by atoms with Gasteiger partial charge in [-0.1, -0.05) is 0 Å². The average Bonchev–Trinajstić information content (AvgIpc) is 3.05. The number of hydrogen-bond acceptors (Lipinski definition) is 4. The summed E-state index contributed by atoms with van der Waals surface area (Å²) in [5, 5.41) is 16.7. The van der Waals surface area contributed by atoms with Gasteiger partial charge < -0.3 is 14.8 Å². The third kappa shape index (κ3) is 3.82. The van der Waals surface area contributed by atoms with Gasteiger partial charge in [-0.3, -0.25) is 4.79 Å². The topological polar surface area (TPSA) is 62.5 Å². The van der Waals surface area contributed by atoms with E-state index in [0.717, 1.165) is 11.3 Å². The molecule has 2 rings (SSSR count). The summed E-state index contributed by atoms with van der Waals surface area (Å²) in [6.45, 7) is 3.68. The number of carbonyl (C=O) groups is 1. The molecule has 1 atom stereocenters. The normalized spacial score (nSPS) is 14.3. The van der Waals surface area contributed by atoms with Crippen LogP contribution in [0.5, 0.6) is 0 Å². The fourth-order valence-electron chi connectivity index (χ4n) is 1.69. The second kappa shape index (κ2) is 6.07. The van der Waals surface area contributed by atoms with Crippen molar-refractivity contribution >= 4 is 23.3 Å². The third-order valence-electron chi connectivity index (χ3n) is 2.91. The second-order valence-corrected chi connectivity index (χ2v) is 5.57. The molecule has 0 bridgehead atoms. The van der Waals surface area contributed by atoms with Crippen molar-refractivity contribution < 1.29 is 14.3 Å². The van der Waals surface area contributed by atoms with Crippen LogP contribution < -0.4 is 5.32 Å². The first kappa shape index (κ1) is 14.6. The maximum Gasteiger partial charge on any atom is 0.244 e. The molecule has 2 heterocycles. The molecule has 106 valence electrons. The van der Waals surface area contributed by atoms with Gasteiger partial charge in [0.15, 0.2) is 0 Å². The van der Waals surface area contributed by atoms with Gasteiger partial charge in [0.25, 0.3) is 0 Å². The lowest BCUT2D eigenvalue weighted by atomic mass is 9.99. The van der Waals surface area contributed by atoms with E-state index in [1.807, 2.05) is 29.8 Å². The quantitative estimate of drug-likeness (QED) is 0.833. The minimum absolute atomic E-state index is 0.157. The van der Waals surface area contributed by atoms with E-state index < -0.39 is 5.60 Å². The minimum atomic E-state index is -1.06. The summed E-state index contributed by atoms with van der Waals surface area (Å²) in [4.78, 5) is 11.7. The number of nitrogens with one attached hydrogen (secondary N) is 1. The van der Waals surface area contributed by atoms with Crippen molar-refractivity contribution in [2.75, 3.05) is 6.54 Å². The molecule has 0 spiro atoms. The van der Waals surface area contributed by atoms with E-state index in [-0.39, 0.29) is 12.5 Å². The van der Waals surface area contributed by atoms with E-state index in [0.29, 0.717) is 5.76 Å². The Morgan fingerprint density at radius 3 is 2.90 bits per heavy atom. The van der Waals surface area contributed by atoms with E-state index in [4.69, 9.17) is 4.42 Å². The lowest BCUT2D eigenvalue weighted by molar-refractivity contribution is -0.117. The lowest BCUT2D eigenvalue weighted by Gasteiger charge is -2.22. The highest BCUT2D eigenvalue weighted by Crippen LogP contribution is 2.21. The SMILES string of the molecule is Cc1ccc(/C=C/C(=O)NCC(C)(O)c2ccsc2)o1. The van der Waals surface area contributed by atoms with Crippen LogP contribution in [0.2, 0.25) is 0 Å². The number of rotatable bonds is 5. The van der Waals surface area contributed by atoms with Crippen LogP contribution in [0.3, 0.4) is 0 Å². The Morgan fingerprint density at radius 1 is 1.50 bits per heavy atom. The maximum absolute atomic E-state index is 11.7. The highest BCUT2D eigenvalue weighted by Gasteiger charge is 2.23. The third-order valence-corrected chi connectivity index (χ3v) is 3.59. The molecule has 0 aliphatic carbocycles. The number of aliphatic hydroxyl groups is 1. The Morgan fingerprint density at radius 2 is 2.30 bits per heavy atom. The van der Waals surface area contributed by atoms with Gasteiger partial charge in [-0.2, -0.15) is 11.3 Å². The fraction of sp³-hybridized carbons (Fsp3) is 0.267. The molecule has 1 amide bonds. The van der Waals surface area contributed by atoms with Gasteiger partial charge in [0.2, 0.25) is 5.91 Å². The molecule has 0 aromatic carbocycles. The van der Waals surface area contributed by atoms with E-state index in [1.54, 1.807) is 19.1 Å². The summed E-state index contributed by atoms with van der Waals surface area (Å²) >= 11 is 1.51. The molecule has 2 N–H and O–H groups in total. The first-order valence-corrected chi connectivity index (χ1v) is 7.19. The Balaban J connectivity index is 1.88. The van der Waals surface area contributed by atoms with Crippen LogP contribution in [0, 0.1) is 6.92 Å². The summed E-state index contributed by atoms with van der Waals surface area (Å²) in [6, 6.07) is 5.47. The molecule has 0 saturated carbocycles. The number of thiophene rings is 1. The molecule has 0 radical (unpaired) electrons. The van der Waals surface area contributed by atoms with Gasteiger partial charge in [-0.05, 0) is 54.4 Å². The summed E-state index contributed by atoms with van der Waals surface area (Å²) < 4.78 is 5.32. The highest BCUT2D eigenvalue weighted by molar-refractivity contribution is 7.08. The zero-order valence-corrected chi connectivity index (χ0v) is 12.2. The number of hydrogen-bond donors (Lipinski definition) is 2. The summed E-state index contributed by atoms with van der Waals surface area (Å²) in [6.07, 6.45) is 2.99. The van der Waals surface area contributed by atoms with Gasteiger partial charge in [-0.15, -0.1) is 0 Å². The van der Waals surface area contributed by atoms with Crippen molar-refractivity contribution in [2.45, 2.75) is 19.4 Å². The minimum Gasteiger partial charge on any atom is -0.462 e. The van der Waals surface area contributed by atoms with Gasteiger partial charge in [-0.25, -0.2) is 0 Å². The van der Waals surface area contributed by atoms with Gasteiger partial charge in [0.1, 0.15) is 17.1 Å². The van der Waals surface area contributed by atoms with E-state index in [1.165, 1.54) is 17.4 Å². The molecule has 0 aliphatic rings. The van der Waals surface area contributed by atoms with Gasteiger partial charge in [0, 0.05) is 6.08 Å². The smallest absolute Gasteiger partial charge is 0.244 e. The first-order valence-electron chi connectivity index (χ1n) is 6.25. The summed E-state index contributed by atoms with van der Waals surface area (Å²) in [7, 11) is 0. The van der Waals surface area contributed by atoms with Crippen molar-refractivity contribution in [1.29, 1.82) is 0 Å². The standard InChI is InChI=1S/C15H17NO3S/c1-11-3-4-13(19-11)5-6-14(17)16-10-15(2,18)12-7-8-20-9-12/h3-9,18H,10H2,1-2H3,(H,16,17)/b6-5+. The van der Waals surface area contributed by atoms with Crippen LogP contribution in [-0.2, 0) is 10.4 Å². The Hall–Kier alpha value is -1.85. The Bertz CT molecular complexity index is 596. The average molecular weight is 291 g/mol. The first-order chi connectivity index (χ1) is 9.47. The van der Waals surface area contributed by atoms with Crippen LogP contribution in [0.1, 0.15) is 24.0 Å². The zero-order valence-electron chi connectivity index (χ0n) is 11.4. The molecule has 0 aliphatic heterocycles. The van der Waals surface area contributed by atoms with Crippen LogP contribution in [0.15, 0.2) is 39.5 Å². The Labute approximate surface area is 121 Å². The van der Waals surface area contributed by atoms with Gasteiger partial charge >= 0.3 is 0 Å². The predicted molar refractivity (Wildman–Crippen MR) is 79.4 cm³/mol. The fourth-order valence-corrected chi connectivity index (χ4v) is 2.47. The van der Waals surface area contributed by atoms with Crippen molar-refractivity contribution in [3.63, 3.8) is 0 Å². The molecule has 0 fully saturated rings. The molecule has 4 nitrogen and oxygen atoms in total. The summed E-state index contributed by atoms with van der Waals surface area (Å²) in [5.74, 6) is 1.15. The van der Waals surface area contributed by atoms with Crippen molar-refractivity contribution in [3.8, 4) is 0 Å². The van der Waals surface area contributed by atoms with Crippen LogP contribution >= 0.6 is 11.3 Å². The Kier molecular flexibility index (Phi) is 4.42. The molecule has 2 aromatic rings. The van der Waals surface area contributed by atoms with Crippen molar-refractivity contribution in [1.82, 2.24) is 5.32 Å². The number of furan rings is 1. The molecule has 1 unspecified atom stereocenters. The van der Waals surface area contributed by atoms with Gasteiger partial charge in [0.05, 0.1) is 6.54 Å². The monoisotopic (exact) mass is 291 g/mol. The molecular formula is C15H17NO3S. The van der Waals surface area contributed by atoms with E-state index in [9.17, 15) is 9.90 Å². The molecule has 5 heteroatoms. The zero-order chi connectivity index (χ0) is 14.6. The predicted octanol–water partition coefficient (Wildman–Crippen LogP) is 2.69. The maximum atomic E-state index is 11.7. The van der Waals surface area contributed by atoms with E-state index >= 15 is 0 Å². The van der Waals surface area contributed by atoms with E-state index in [2.05, 4.69) is 5.32 Å². The number of carbonyl (C=O) groups excluding carboxylic acids is 1. The van der Waals surface area contributed by atoms with Crippen LogP contribution in [0.25, 0.3) is 6.08 Å². The molecular weight excluding hydrogens is 274 g/mol. The number of aryl methyl sites for hydroxylation is 1. The highest BCUT2D eigenvalue weighted by atomic mass is 32.1. The largest absolute Gasteiger partial charge is 0.462 e.